The van der Waals surface area contributed by atoms with E-state index in [9.17, 15) is 5.11 Å². The van der Waals surface area contributed by atoms with Gasteiger partial charge in [0.15, 0.2) is 0 Å². The zero-order chi connectivity index (χ0) is 11.7. The van der Waals surface area contributed by atoms with Gasteiger partial charge in [-0.3, -0.25) is 0 Å². The third-order valence-corrected chi connectivity index (χ3v) is 4.17. The summed E-state index contributed by atoms with van der Waals surface area (Å²) in [6.45, 7) is 1.87. The van der Waals surface area contributed by atoms with Crippen molar-refractivity contribution in [2.45, 2.75) is 13.0 Å². The Morgan fingerprint density at radius 2 is 2.06 bits per heavy atom. The van der Waals surface area contributed by atoms with Crippen LogP contribution in [0.25, 0.3) is 0 Å². The first kappa shape index (κ1) is 14.5. The minimum atomic E-state index is -0.283. The smallest absolute Gasteiger partial charge is 0.124 e. The molecule has 17 heavy (non-hydrogen) atoms. The number of thiophene rings is 1. The lowest BCUT2D eigenvalue weighted by Gasteiger charge is -2.15. The summed E-state index contributed by atoms with van der Waals surface area (Å²) in [4.78, 5) is 1.04. The lowest BCUT2D eigenvalue weighted by Crippen LogP contribution is -2.11. The monoisotopic (exact) mass is 333 g/mol. The van der Waals surface area contributed by atoms with Crippen molar-refractivity contribution in [3.63, 3.8) is 0 Å². The van der Waals surface area contributed by atoms with Crippen LogP contribution in [0.15, 0.2) is 34.1 Å². The van der Waals surface area contributed by atoms with Crippen molar-refractivity contribution < 1.29 is 5.11 Å². The number of aryl methyl sites for hydroxylation is 1. The highest BCUT2D eigenvalue weighted by Gasteiger charge is 2.18. The van der Waals surface area contributed by atoms with Crippen LogP contribution >= 0.6 is 39.7 Å². The van der Waals surface area contributed by atoms with Gasteiger partial charge in [0.2, 0.25) is 0 Å². The fraction of sp³-hybridized carbons (Fsp3) is 0.167. The van der Waals surface area contributed by atoms with Crippen molar-refractivity contribution in [1.29, 1.82) is 0 Å². The highest BCUT2D eigenvalue weighted by Crippen LogP contribution is 2.37. The number of rotatable bonds is 2. The number of phenols is 1. The number of hydrogen-bond donors (Lipinski definition) is 2. The Bertz CT molecular complexity index is 501. The second-order valence-electron chi connectivity index (χ2n) is 3.62. The largest absolute Gasteiger partial charge is 0.507 e. The van der Waals surface area contributed by atoms with Crippen LogP contribution in [0.1, 0.15) is 22.0 Å². The predicted molar refractivity (Wildman–Crippen MR) is 78.1 cm³/mol. The summed E-state index contributed by atoms with van der Waals surface area (Å²) in [7, 11) is 0. The average Bonchev–Trinajstić information content (AvgIpc) is 2.77. The van der Waals surface area contributed by atoms with Gasteiger partial charge in [-0.05, 0) is 30.0 Å². The van der Waals surface area contributed by atoms with E-state index in [1.807, 2.05) is 36.6 Å². The van der Waals surface area contributed by atoms with Crippen LogP contribution in [0.2, 0.25) is 0 Å². The van der Waals surface area contributed by atoms with Crippen LogP contribution in [-0.4, -0.2) is 5.11 Å². The summed E-state index contributed by atoms with van der Waals surface area (Å²) in [5, 5.41) is 12.0. The quantitative estimate of drug-likeness (QED) is 0.872. The number of nitrogens with two attached hydrogens (primary N) is 1. The Kier molecular flexibility index (Phi) is 5.01. The van der Waals surface area contributed by atoms with E-state index < -0.39 is 0 Å². The molecular formula is C12H13BrClNOS. The van der Waals surface area contributed by atoms with E-state index in [1.54, 1.807) is 11.3 Å². The lowest BCUT2D eigenvalue weighted by atomic mass is 10.0. The normalized spacial score (nSPS) is 11.9. The molecule has 0 aliphatic carbocycles. The van der Waals surface area contributed by atoms with Crippen LogP contribution in [0.4, 0.5) is 0 Å². The fourth-order valence-electron chi connectivity index (χ4n) is 1.60. The second-order valence-corrected chi connectivity index (χ2v) is 5.45. The zero-order valence-electron chi connectivity index (χ0n) is 9.18. The first-order valence-electron chi connectivity index (χ1n) is 4.88. The fourth-order valence-corrected chi connectivity index (χ4v) is 2.90. The van der Waals surface area contributed by atoms with Crippen LogP contribution in [-0.2, 0) is 0 Å². The van der Waals surface area contributed by atoms with Gasteiger partial charge >= 0.3 is 0 Å². The van der Waals surface area contributed by atoms with E-state index in [0.29, 0.717) is 0 Å². The van der Waals surface area contributed by atoms with Gasteiger partial charge in [-0.25, -0.2) is 0 Å². The number of halogens is 2. The molecule has 0 fully saturated rings. The molecule has 0 aliphatic heterocycles. The first-order chi connectivity index (χ1) is 7.61. The number of phenolic OH excluding ortho intramolecular Hbond substituents is 1. The predicted octanol–water partition coefficient (Wildman–Crippen LogP) is 3.99. The molecular weight excluding hydrogens is 322 g/mol. The van der Waals surface area contributed by atoms with E-state index in [0.717, 1.165) is 20.5 Å². The van der Waals surface area contributed by atoms with Crippen molar-refractivity contribution in [2.75, 3.05) is 0 Å². The molecule has 1 aromatic carbocycles. The molecule has 0 bridgehead atoms. The number of aromatic hydroxyl groups is 1. The van der Waals surface area contributed by atoms with E-state index in [-0.39, 0.29) is 24.2 Å². The molecule has 1 heterocycles. The maximum absolute atomic E-state index is 10.0. The van der Waals surface area contributed by atoms with Gasteiger partial charge < -0.3 is 10.8 Å². The summed E-state index contributed by atoms with van der Waals surface area (Å²) in [6, 6.07) is 7.43. The van der Waals surface area contributed by atoms with Crippen LogP contribution in [0.3, 0.4) is 0 Å². The molecule has 0 amide bonds. The van der Waals surface area contributed by atoms with E-state index >= 15 is 0 Å². The number of hydrogen-bond acceptors (Lipinski definition) is 3. The molecule has 0 radical (unpaired) electrons. The molecule has 0 saturated heterocycles. The lowest BCUT2D eigenvalue weighted by molar-refractivity contribution is 0.460. The van der Waals surface area contributed by atoms with Gasteiger partial charge in [-0.2, -0.15) is 0 Å². The van der Waals surface area contributed by atoms with Crippen LogP contribution < -0.4 is 5.73 Å². The minimum absolute atomic E-state index is 0. The van der Waals surface area contributed by atoms with Gasteiger partial charge in [-0.1, -0.05) is 28.1 Å². The Morgan fingerprint density at radius 1 is 1.35 bits per heavy atom. The SMILES string of the molecule is Cc1ccc(Br)c([C@@H](N)c2cccs2)c1O.Cl. The van der Waals surface area contributed by atoms with E-state index in [4.69, 9.17) is 5.73 Å². The van der Waals surface area contributed by atoms with Crippen molar-refractivity contribution in [3.8, 4) is 5.75 Å². The Hall–Kier alpha value is -0.550. The van der Waals surface area contributed by atoms with Crippen LogP contribution in [0.5, 0.6) is 5.75 Å². The van der Waals surface area contributed by atoms with Crippen molar-refractivity contribution >= 4 is 39.7 Å². The Labute approximate surface area is 119 Å². The Morgan fingerprint density at radius 3 is 2.65 bits per heavy atom. The molecule has 0 unspecified atom stereocenters. The van der Waals surface area contributed by atoms with Gasteiger partial charge in [0.25, 0.3) is 0 Å². The van der Waals surface area contributed by atoms with Gasteiger partial charge in [-0.15, -0.1) is 23.7 Å². The molecule has 92 valence electrons. The van der Waals surface area contributed by atoms with Crippen molar-refractivity contribution in [3.05, 3.63) is 50.1 Å². The molecule has 2 rings (SSSR count). The summed E-state index contributed by atoms with van der Waals surface area (Å²) in [5.41, 5.74) is 7.74. The summed E-state index contributed by atoms with van der Waals surface area (Å²) >= 11 is 5.02. The zero-order valence-corrected chi connectivity index (χ0v) is 12.4. The molecule has 2 aromatic rings. The summed E-state index contributed by atoms with van der Waals surface area (Å²) < 4.78 is 0.844. The molecule has 1 aromatic heterocycles. The standard InChI is InChI=1S/C12H12BrNOS.ClH/c1-7-4-5-8(13)10(12(7)15)11(14)9-3-2-6-16-9;/h2-6,11,15H,14H2,1H3;1H/t11-;/m0./s1. The third kappa shape index (κ3) is 2.83. The van der Waals surface area contributed by atoms with Crippen molar-refractivity contribution in [1.82, 2.24) is 0 Å². The van der Waals surface area contributed by atoms with Gasteiger partial charge in [0.05, 0.1) is 6.04 Å². The highest BCUT2D eigenvalue weighted by molar-refractivity contribution is 9.10. The minimum Gasteiger partial charge on any atom is -0.507 e. The van der Waals surface area contributed by atoms with E-state index in [1.165, 1.54) is 0 Å². The average molecular weight is 335 g/mol. The number of benzene rings is 1. The van der Waals surface area contributed by atoms with Gasteiger partial charge in [0, 0.05) is 14.9 Å². The highest BCUT2D eigenvalue weighted by atomic mass is 79.9. The summed E-state index contributed by atoms with van der Waals surface area (Å²) in [6.07, 6.45) is 0. The molecule has 0 saturated carbocycles. The van der Waals surface area contributed by atoms with Gasteiger partial charge in [0.1, 0.15) is 5.75 Å². The maximum atomic E-state index is 10.0. The van der Waals surface area contributed by atoms with Crippen LogP contribution in [0, 0.1) is 6.92 Å². The van der Waals surface area contributed by atoms with E-state index in [2.05, 4.69) is 15.9 Å². The topological polar surface area (TPSA) is 46.2 Å². The molecule has 1 atom stereocenters. The maximum Gasteiger partial charge on any atom is 0.124 e. The second kappa shape index (κ2) is 5.87. The molecule has 5 heteroatoms. The molecule has 2 nitrogen and oxygen atoms in total. The molecule has 0 aliphatic rings. The van der Waals surface area contributed by atoms with Crippen molar-refractivity contribution in [2.24, 2.45) is 5.73 Å². The molecule has 3 N–H and O–H groups in total. The molecule has 0 spiro atoms. The Balaban J connectivity index is 0.00000144. The first-order valence-corrected chi connectivity index (χ1v) is 6.55. The third-order valence-electron chi connectivity index (χ3n) is 2.53. The summed E-state index contributed by atoms with van der Waals surface area (Å²) in [5.74, 6) is 0.273.